The third kappa shape index (κ3) is 3.03. The molecule has 136 valence electrons. The predicted molar refractivity (Wildman–Crippen MR) is 99.3 cm³/mol. The van der Waals surface area contributed by atoms with Gasteiger partial charge in [-0.25, -0.2) is 14.4 Å². The van der Waals surface area contributed by atoms with Gasteiger partial charge < -0.3 is 10.2 Å². The summed E-state index contributed by atoms with van der Waals surface area (Å²) in [4.78, 5) is 12.0. The fourth-order valence-corrected chi connectivity index (χ4v) is 4.83. The van der Waals surface area contributed by atoms with Crippen LogP contribution >= 0.6 is 0 Å². The van der Waals surface area contributed by atoms with Gasteiger partial charge >= 0.3 is 0 Å². The maximum absolute atomic E-state index is 13.1. The van der Waals surface area contributed by atoms with Gasteiger partial charge in [-0.2, -0.15) is 0 Å². The highest BCUT2D eigenvalue weighted by Crippen LogP contribution is 2.55. The van der Waals surface area contributed by atoms with Crippen molar-refractivity contribution >= 4 is 0 Å². The molecule has 3 heterocycles. The topological polar surface area (TPSA) is 41.1 Å². The first-order chi connectivity index (χ1) is 12.7. The number of fused-ring (bicyclic) bond motifs is 1. The van der Waals surface area contributed by atoms with Gasteiger partial charge in [0.05, 0.1) is 5.69 Å². The Morgan fingerprint density at radius 3 is 2.65 bits per heavy atom. The number of nitrogens with one attached hydrogen (secondary N) is 1. The largest absolute Gasteiger partial charge is 0.316 e. The van der Waals surface area contributed by atoms with E-state index in [1.165, 1.54) is 38.2 Å². The lowest BCUT2D eigenvalue weighted by Crippen LogP contribution is -2.39. The summed E-state index contributed by atoms with van der Waals surface area (Å²) in [5.41, 5.74) is 2.42. The Bertz CT molecular complexity index is 785. The Morgan fingerprint density at radius 1 is 1.15 bits per heavy atom. The van der Waals surface area contributed by atoms with Crippen LogP contribution in [0.5, 0.6) is 0 Å². The van der Waals surface area contributed by atoms with E-state index in [9.17, 15) is 4.39 Å². The van der Waals surface area contributed by atoms with E-state index in [4.69, 9.17) is 4.98 Å². The second-order valence-corrected chi connectivity index (χ2v) is 8.25. The second-order valence-electron chi connectivity index (χ2n) is 8.25. The summed E-state index contributed by atoms with van der Waals surface area (Å²) < 4.78 is 13.1. The van der Waals surface area contributed by atoms with E-state index >= 15 is 0 Å². The van der Waals surface area contributed by atoms with Gasteiger partial charge in [-0.05, 0) is 80.6 Å². The zero-order valence-electron chi connectivity index (χ0n) is 15.0. The lowest BCUT2D eigenvalue weighted by molar-refractivity contribution is 0.173. The number of nitrogens with zero attached hydrogens (tertiary/aromatic N) is 3. The number of piperidine rings is 2. The van der Waals surface area contributed by atoms with E-state index in [0.717, 1.165) is 48.9 Å². The summed E-state index contributed by atoms with van der Waals surface area (Å²) in [6, 6.07) is 8.44. The number of hydrogen-bond donors (Lipinski definition) is 1. The number of hydrogen-bond acceptors (Lipinski definition) is 4. The van der Waals surface area contributed by atoms with E-state index in [2.05, 4.69) is 15.2 Å². The van der Waals surface area contributed by atoms with Gasteiger partial charge in [0, 0.05) is 30.8 Å². The van der Waals surface area contributed by atoms with E-state index in [-0.39, 0.29) is 5.82 Å². The highest BCUT2D eigenvalue weighted by atomic mass is 19.1. The van der Waals surface area contributed by atoms with E-state index in [0.29, 0.717) is 11.3 Å². The molecule has 2 aromatic rings. The summed E-state index contributed by atoms with van der Waals surface area (Å²) >= 11 is 0. The minimum Gasteiger partial charge on any atom is -0.316 e. The van der Waals surface area contributed by atoms with Crippen LogP contribution in [0.4, 0.5) is 4.39 Å². The molecule has 4 nitrogen and oxygen atoms in total. The van der Waals surface area contributed by atoms with Crippen LogP contribution in [0.25, 0.3) is 11.3 Å². The molecule has 1 N–H and O–H groups in total. The summed E-state index contributed by atoms with van der Waals surface area (Å²) in [7, 11) is 0. The summed E-state index contributed by atoms with van der Waals surface area (Å²) in [6.07, 6.45) is 5.51. The molecule has 1 aromatic heterocycles. The second kappa shape index (κ2) is 6.39. The SMILES string of the molecule is Fc1ccc(-c2ccnc(C3CCN(CC45CNCC4C5)CC3)n2)cc1. The molecule has 0 radical (unpaired) electrons. The van der Waals surface area contributed by atoms with Gasteiger partial charge in [0.15, 0.2) is 0 Å². The molecule has 0 bridgehead atoms. The zero-order chi connectivity index (χ0) is 17.6. The van der Waals surface area contributed by atoms with Crippen LogP contribution in [-0.2, 0) is 0 Å². The number of rotatable bonds is 4. The molecule has 3 fully saturated rings. The lowest BCUT2D eigenvalue weighted by Gasteiger charge is -2.33. The van der Waals surface area contributed by atoms with Crippen molar-refractivity contribution in [3.8, 4) is 11.3 Å². The molecule has 1 aromatic carbocycles. The quantitative estimate of drug-likeness (QED) is 0.918. The molecule has 2 atom stereocenters. The summed E-state index contributed by atoms with van der Waals surface area (Å²) in [5, 5.41) is 3.54. The zero-order valence-corrected chi connectivity index (χ0v) is 15.0. The van der Waals surface area contributed by atoms with Crippen molar-refractivity contribution in [3.05, 3.63) is 48.2 Å². The molecule has 3 aliphatic rings. The molecule has 5 rings (SSSR count). The van der Waals surface area contributed by atoms with E-state index in [1.54, 1.807) is 12.1 Å². The normalized spacial score (nSPS) is 28.9. The third-order valence-corrected chi connectivity index (χ3v) is 6.53. The monoisotopic (exact) mass is 352 g/mol. The molecule has 0 spiro atoms. The van der Waals surface area contributed by atoms with Crippen LogP contribution in [-0.4, -0.2) is 47.6 Å². The average molecular weight is 352 g/mol. The first kappa shape index (κ1) is 16.3. The number of aromatic nitrogens is 2. The van der Waals surface area contributed by atoms with Gasteiger partial charge in [-0.1, -0.05) is 0 Å². The van der Waals surface area contributed by atoms with Gasteiger partial charge in [0.2, 0.25) is 0 Å². The van der Waals surface area contributed by atoms with Crippen LogP contribution in [0.3, 0.4) is 0 Å². The maximum Gasteiger partial charge on any atom is 0.132 e. The minimum atomic E-state index is -0.217. The van der Waals surface area contributed by atoms with E-state index < -0.39 is 0 Å². The molecule has 5 heteroatoms. The molecule has 2 aliphatic heterocycles. The highest BCUT2D eigenvalue weighted by Gasteiger charge is 2.57. The van der Waals surface area contributed by atoms with Gasteiger partial charge in [-0.3, -0.25) is 0 Å². The van der Waals surface area contributed by atoms with Crippen molar-refractivity contribution in [2.24, 2.45) is 11.3 Å². The number of halogens is 1. The van der Waals surface area contributed by atoms with Crippen molar-refractivity contribution in [2.45, 2.75) is 25.2 Å². The van der Waals surface area contributed by atoms with Gasteiger partial charge in [0.25, 0.3) is 0 Å². The molecule has 2 unspecified atom stereocenters. The van der Waals surface area contributed by atoms with Gasteiger partial charge in [-0.15, -0.1) is 0 Å². The van der Waals surface area contributed by atoms with Crippen molar-refractivity contribution in [2.75, 3.05) is 32.7 Å². The molecular formula is C21H25FN4. The fourth-order valence-electron chi connectivity index (χ4n) is 4.83. The molecule has 26 heavy (non-hydrogen) atoms. The van der Waals surface area contributed by atoms with E-state index in [1.807, 2.05) is 12.3 Å². The average Bonchev–Trinajstić information content (AvgIpc) is 3.21. The third-order valence-electron chi connectivity index (χ3n) is 6.53. The minimum absolute atomic E-state index is 0.217. The Hall–Kier alpha value is -1.85. The molecule has 2 saturated heterocycles. The van der Waals surface area contributed by atoms with Crippen LogP contribution in [0.15, 0.2) is 36.5 Å². The Labute approximate surface area is 153 Å². The predicted octanol–water partition coefficient (Wildman–Crippen LogP) is 3.07. The van der Waals surface area contributed by atoms with Crippen LogP contribution in [0.2, 0.25) is 0 Å². The molecular weight excluding hydrogens is 327 g/mol. The Kier molecular flexibility index (Phi) is 4.02. The van der Waals surface area contributed by atoms with Crippen molar-refractivity contribution in [3.63, 3.8) is 0 Å². The van der Waals surface area contributed by atoms with Crippen molar-refractivity contribution < 1.29 is 4.39 Å². The fraction of sp³-hybridized carbons (Fsp3) is 0.524. The number of benzene rings is 1. The Morgan fingerprint density at radius 2 is 1.96 bits per heavy atom. The van der Waals surface area contributed by atoms with Gasteiger partial charge in [0.1, 0.15) is 11.6 Å². The van der Waals surface area contributed by atoms with Crippen molar-refractivity contribution in [1.82, 2.24) is 20.2 Å². The molecule has 1 saturated carbocycles. The molecule has 1 aliphatic carbocycles. The number of likely N-dealkylation sites (tertiary alicyclic amines) is 1. The first-order valence-electron chi connectivity index (χ1n) is 9.74. The van der Waals surface area contributed by atoms with Crippen LogP contribution in [0.1, 0.15) is 31.0 Å². The van der Waals surface area contributed by atoms with Crippen LogP contribution < -0.4 is 5.32 Å². The standard InChI is InChI=1S/C21H25FN4/c22-18-3-1-15(2-4-18)19-5-8-24-20(25-19)16-6-9-26(10-7-16)14-21-11-17(21)12-23-13-21/h1-5,8,16-17,23H,6-7,9-14H2. The highest BCUT2D eigenvalue weighted by molar-refractivity contribution is 5.58. The Balaban J connectivity index is 1.24. The molecule has 0 amide bonds. The lowest BCUT2D eigenvalue weighted by atomic mass is 9.94. The van der Waals surface area contributed by atoms with Crippen molar-refractivity contribution in [1.29, 1.82) is 0 Å². The smallest absolute Gasteiger partial charge is 0.132 e. The summed E-state index contributed by atoms with van der Waals surface area (Å²) in [5.74, 6) is 2.08. The maximum atomic E-state index is 13.1. The van der Waals surface area contributed by atoms with Crippen LogP contribution in [0, 0.1) is 17.2 Å². The summed E-state index contributed by atoms with van der Waals surface area (Å²) in [6.45, 7) is 5.97. The first-order valence-corrected chi connectivity index (χ1v) is 9.74.